The highest BCUT2D eigenvalue weighted by Gasteiger charge is 2.31. The first-order valence-electron chi connectivity index (χ1n) is 9.56. The van der Waals surface area contributed by atoms with Gasteiger partial charge in [0, 0.05) is 32.2 Å². The minimum atomic E-state index is 0.181. The molecule has 1 aliphatic heterocycles. The largest absolute Gasteiger partial charge is 0.341 e. The van der Waals surface area contributed by atoms with E-state index in [-0.39, 0.29) is 6.04 Å². The number of nitriles is 1. The zero-order valence-corrected chi connectivity index (χ0v) is 15.9. The number of hydrogen-bond donors (Lipinski definition) is 1. The average Bonchev–Trinajstić information content (AvgIpc) is 3.12. The van der Waals surface area contributed by atoms with E-state index in [1.165, 1.54) is 0 Å². The lowest BCUT2D eigenvalue weighted by atomic mass is 10.0. The second kappa shape index (κ2) is 7.51. The van der Waals surface area contributed by atoms with E-state index >= 15 is 0 Å². The summed E-state index contributed by atoms with van der Waals surface area (Å²) in [4.78, 5) is 13.4. The number of nitrogens with zero attached hydrogens (tertiary/aromatic N) is 4. The van der Waals surface area contributed by atoms with E-state index in [1.54, 1.807) is 0 Å². The van der Waals surface area contributed by atoms with Crippen molar-refractivity contribution in [1.82, 2.24) is 19.8 Å². The summed E-state index contributed by atoms with van der Waals surface area (Å²) in [6, 6.07) is 19.1. The predicted octanol–water partition coefficient (Wildman–Crippen LogP) is 3.70. The molecule has 3 aromatic rings. The number of H-pyrrole nitrogens is 1. The summed E-state index contributed by atoms with van der Waals surface area (Å²) in [7, 11) is 0. The van der Waals surface area contributed by atoms with Crippen molar-refractivity contribution in [3.8, 4) is 6.07 Å². The van der Waals surface area contributed by atoms with Crippen LogP contribution in [0.5, 0.6) is 0 Å². The second-order valence-corrected chi connectivity index (χ2v) is 7.48. The molecule has 5 heteroatoms. The van der Waals surface area contributed by atoms with Crippen LogP contribution in [-0.2, 0) is 6.54 Å². The minimum absolute atomic E-state index is 0.181. The van der Waals surface area contributed by atoms with Crippen LogP contribution in [0.15, 0.2) is 48.5 Å². The van der Waals surface area contributed by atoms with Crippen molar-refractivity contribution < 1.29 is 0 Å². The van der Waals surface area contributed by atoms with Gasteiger partial charge in [-0.3, -0.25) is 9.80 Å². The number of imidazole rings is 1. The van der Waals surface area contributed by atoms with Crippen LogP contribution in [0.3, 0.4) is 0 Å². The molecule has 1 unspecified atom stereocenters. The lowest BCUT2D eigenvalue weighted by molar-refractivity contribution is 0.0471. The number of piperazine rings is 1. The Kier molecular flexibility index (Phi) is 4.93. The fraction of sp³-hybridized carbons (Fsp3) is 0.364. The SMILES string of the molecule is CC(C)N1CCN(Cc2ccccc2C#N)C(c2nc3ccccc3[nH]2)C1. The molecule has 0 aliphatic carbocycles. The average molecular weight is 359 g/mol. The molecule has 27 heavy (non-hydrogen) atoms. The fourth-order valence-corrected chi connectivity index (χ4v) is 3.88. The lowest BCUT2D eigenvalue weighted by Crippen LogP contribution is -2.50. The zero-order chi connectivity index (χ0) is 18.8. The van der Waals surface area contributed by atoms with E-state index in [0.29, 0.717) is 6.04 Å². The van der Waals surface area contributed by atoms with Gasteiger partial charge in [0.05, 0.1) is 28.7 Å². The fourth-order valence-electron chi connectivity index (χ4n) is 3.88. The van der Waals surface area contributed by atoms with Crippen molar-refractivity contribution in [2.45, 2.75) is 32.5 Å². The maximum Gasteiger partial charge on any atom is 0.126 e. The summed E-state index contributed by atoms with van der Waals surface area (Å²) in [5, 5.41) is 9.45. The van der Waals surface area contributed by atoms with Crippen molar-refractivity contribution in [2.24, 2.45) is 0 Å². The van der Waals surface area contributed by atoms with Crippen LogP contribution in [0.25, 0.3) is 11.0 Å². The Labute approximate surface area is 160 Å². The number of para-hydroxylation sites is 2. The summed E-state index contributed by atoms with van der Waals surface area (Å²) in [5.41, 5.74) is 3.92. The first-order valence-corrected chi connectivity index (χ1v) is 9.56. The Balaban J connectivity index is 1.67. The van der Waals surface area contributed by atoms with Gasteiger partial charge in [0.2, 0.25) is 0 Å². The maximum absolute atomic E-state index is 9.45. The molecule has 1 atom stereocenters. The van der Waals surface area contributed by atoms with Gasteiger partial charge >= 0.3 is 0 Å². The van der Waals surface area contributed by atoms with Gasteiger partial charge in [0.25, 0.3) is 0 Å². The highest BCUT2D eigenvalue weighted by molar-refractivity contribution is 5.74. The number of hydrogen-bond acceptors (Lipinski definition) is 4. The van der Waals surface area contributed by atoms with Gasteiger partial charge in [-0.2, -0.15) is 5.26 Å². The Morgan fingerprint density at radius 1 is 1.15 bits per heavy atom. The second-order valence-electron chi connectivity index (χ2n) is 7.48. The number of rotatable bonds is 4. The predicted molar refractivity (Wildman–Crippen MR) is 107 cm³/mol. The molecule has 2 aromatic carbocycles. The summed E-state index contributed by atoms with van der Waals surface area (Å²) >= 11 is 0. The third kappa shape index (κ3) is 3.59. The molecule has 1 aliphatic rings. The molecular formula is C22H25N5. The van der Waals surface area contributed by atoms with Crippen LogP contribution in [0, 0.1) is 11.3 Å². The van der Waals surface area contributed by atoms with Crippen LogP contribution < -0.4 is 0 Å². The molecule has 0 bridgehead atoms. The van der Waals surface area contributed by atoms with E-state index in [4.69, 9.17) is 4.98 Å². The Bertz CT molecular complexity index is 935. The molecular weight excluding hydrogens is 334 g/mol. The van der Waals surface area contributed by atoms with Crippen molar-refractivity contribution in [2.75, 3.05) is 19.6 Å². The van der Waals surface area contributed by atoms with E-state index in [2.05, 4.69) is 46.8 Å². The van der Waals surface area contributed by atoms with Crippen molar-refractivity contribution in [1.29, 1.82) is 5.26 Å². The number of aromatic nitrogens is 2. The van der Waals surface area contributed by atoms with Crippen LogP contribution >= 0.6 is 0 Å². The topological polar surface area (TPSA) is 58.9 Å². The Morgan fingerprint density at radius 3 is 2.70 bits per heavy atom. The lowest BCUT2D eigenvalue weighted by Gasteiger charge is -2.42. The molecule has 138 valence electrons. The van der Waals surface area contributed by atoms with Gasteiger partial charge in [-0.15, -0.1) is 0 Å². The quantitative estimate of drug-likeness (QED) is 0.772. The normalized spacial score (nSPS) is 18.8. The van der Waals surface area contributed by atoms with Gasteiger partial charge in [-0.1, -0.05) is 30.3 Å². The molecule has 4 rings (SSSR count). The first-order chi connectivity index (χ1) is 13.2. The monoisotopic (exact) mass is 359 g/mol. The van der Waals surface area contributed by atoms with Gasteiger partial charge in [0.15, 0.2) is 0 Å². The van der Waals surface area contributed by atoms with Gasteiger partial charge in [0.1, 0.15) is 5.82 Å². The van der Waals surface area contributed by atoms with Crippen LogP contribution in [-0.4, -0.2) is 45.4 Å². The number of aromatic amines is 1. The Hall–Kier alpha value is -2.68. The minimum Gasteiger partial charge on any atom is -0.341 e. The van der Waals surface area contributed by atoms with Gasteiger partial charge in [-0.05, 0) is 37.6 Å². The standard InChI is InChI=1S/C22H25N5/c1-16(2)26-11-12-27(14-18-8-4-3-7-17(18)13-23)21(15-26)22-24-19-9-5-6-10-20(19)25-22/h3-10,16,21H,11-12,14-15H2,1-2H3,(H,24,25). The van der Waals surface area contributed by atoms with E-state index in [1.807, 2.05) is 36.4 Å². The van der Waals surface area contributed by atoms with E-state index < -0.39 is 0 Å². The van der Waals surface area contributed by atoms with Crippen LogP contribution in [0.4, 0.5) is 0 Å². The van der Waals surface area contributed by atoms with E-state index in [9.17, 15) is 5.26 Å². The number of benzene rings is 2. The smallest absolute Gasteiger partial charge is 0.126 e. The number of nitrogens with one attached hydrogen (secondary N) is 1. The molecule has 1 fully saturated rings. The molecule has 0 saturated carbocycles. The summed E-state index contributed by atoms with van der Waals surface area (Å²) < 4.78 is 0. The molecule has 1 aromatic heterocycles. The van der Waals surface area contributed by atoms with Crippen molar-refractivity contribution in [3.05, 3.63) is 65.5 Å². The molecule has 1 N–H and O–H groups in total. The zero-order valence-electron chi connectivity index (χ0n) is 15.9. The van der Waals surface area contributed by atoms with Crippen molar-refractivity contribution in [3.63, 3.8) is 0 Å². The van der Waals surface area contributed by atoms with E-state index in [0.717, 1.165) is 54.2 Å². The number of fused-ring (bicyclic) bond motifs is 1. The third-order valence-corrected chi connectivity index (χ3v) is 5.49. The molecule has 0 spiro atoms. The highest BCUT2D eigenvalue weighted by Crippen LogP contribution is 2.28. The third-order valence-electron chi connectivity index (χ3n) is 5.49. The molecule has 2 heterocycles. The van der Waals surface area contributed by atoms with Crippen LogP contribution in [0.2, 0.25) is 0 Å². The molecule has 0 radical (unpaired) electrons. The molecule has 5 nitrogen and oxygen atoms in total. The van der Waals surface area contributed by atoms with Gasteiger partial charge in [-0.25, -0.2) is 4.98 Å². The summed E-state index contributed by atoms with van der Waals surface area (Å²) in [6.07, 6.45) is 0. The summed E-state index contributed by atoms with van der Waals surface area (Å²) in [5.74, 6) is 1.01. The molecule has 1 saturated heterocycles. The summed E-state index contributed by atoms with van der Waals surface area (Å²) in [6.45, 7) is 8.18. The van der Waals surface area contributed by atoms with Crippen LogP contribution in [0.1, 0.15) is 36.8 Å². The van der Waals surface area contributed by atoms with Crippen molar-refractivity contribution >= 4 is 11.0 Å². The highest BCUT2D eigenvalue weighted by atomic mass is 15.3. The Morgan fingerprint density at radius 2 is 1.93 bits per heavy atom. The maximum atomic E-state index is 9.45. The molecule has 0 amide bonds. The first kappa shape index (κ1) is 17.7. The van der Waals surface area contributed by atoms with Gasteiger partial charge < -0.3 is 4.98 Å².